The smallest absolute Gasteiger partial charge is 0.335 e. The van der Waals surface area contributed by atoms with Crippen LogP contribution < -0.4 is 15.1 Å². The van der Waals surface area contributed by atoms with Crippen molar-refractivity contribution in [2.45, 2.75) is 25.7 Å². The SMILES string of the molecule is O=C1NC(=O)N(c2ccccc2Cl)C(=O)/C1=C\c1ccc(N2CCCCCC2)cc1. The van der Waals surface area contributed by atoms with Crippen molar-refractivity contribution in [3.05, 3.63) is 64.7 Å². The molecule has 2 saturated heterocycles. The third-order valence-corrected chi connectivity index (χ3v) is 5.69. The summed E-state index contributed by atoms with van der Waals surface area (Å²) in [6, 6.07) is 13.5. The van der Waals surface area contributed by atoms with E-state index in [1.165, 1.54) is 31.8 Å². The standard InChI is InChI=1S/C23H22ClN3O3/c24-19-7-3-4-8-20(19)27-22(29)18(21(28)25-23(27)30)15-16-9-11-17(12-10-16)26-13-5-1-2-6-14-26/h3-4,7-12,15H,1-2,5-6,13-14H2,(H,25,28,30)/b18-15-. The number of rotatable bonds is 3. The van der Waals surface area contributed by atoms with Gasteiger partial charge in [-0.05, 0) is 48.7 Å². The lowest BCUT2D eigenvalue weighted by Gasteiger charge is -2.27. The highest BCUT2D eigenvalue weighted by molar-refractivity contribution is 6.42. The second-order valence-corrected chi connectivity index (χ2v) is 7.81. The van der Waals surface area contributed by atoms with Gasteiger partial charge in [-0.15, -0.1) is 0 Å². The normalized spacial score (nSPS) is 19.1. The van der Waals surface area contributed by atoms with Crippen LogP contribution in [0.1, 0.15) is 31.2 Å². The van der Waals surface area contributed by atoms with Gasteiger partial charge in [0.15, 0.2) is 0 Å². The van der Waals surface area contributed by atoms with Crippen molar-refractivity contribution in [2.24, 2.45) is 0 Å². The molecule has 2 aliphatic rings. The van der Waals surface area contributed by atoms with Gasteiger partial charge in [-0.1, -0.05) is 48.7 Å². The summed E-state index contributed by atoms with van der Waals surface area (Å²) in [5, 5.41) is 2.46. The van der Waals surface area contributed by atoms with E-state index in [0.29, 0.717) is 5.56 Å². The molecule has 2 fully saturated rings. The molecule has 0 radical (unpaired) electrons. The number of nitrogens with zero attached hydrogens (tertiary/aromatic N) is 2. The van der Waals surface area contributed by atoms with Gasteiger partial charge in [-0.2, -0.15) is 0 Å². The number of amides is 4. The van der Waals surface area contributed by atoms with Crippen LogP contribution in [0.5, 0.6) is 0 Å². The van der Waals surface area contributed by atoms with Crippen LogP contribution in [-0.4, -0.2) is 30.9 Å². The molecule has 2 heterocycles. The van der Waals surface area contributed by atoms with Crippen molar-refractivity contribution in [1.82, 2.24) is 5.32 Å². The van der Waals surface area contributed by atoms with Crippen LogP contribution in [0, 0.1) is 0 Å². The maximum Gasteiger partial charge on any atom is 0.335 e. The number of nitrogens with one attached hydrogen (secondary N) is 1. The molecular weight excluding hydrogens is 402 g/mol. The van der Waals surface area contributed by atoms with E-state index in [4.69, 9.17) is 11.6 Å². The Morgan fingerprint density at radius 3 is 2.20 bits per heavy atom. The monoisotopic (exact) mass is 423 g/mol. The average Bonchev–Trinajstić information content (AvgIpc) is 3.02. The van der Waals surface area contributed by atoms with E-state index in [2.05, 4.69) is 10.2 Å². The minimum atomic E-state index is -0.813. The molecular formula is C23H22ClN3O3. The van der Waals surface area contributed by atoms with Crippen molar-refractivity contribution in [2.75, 3.05) is 22.9 Å². The third kappa shape index (κ3) is 4.09. The lowest BCUT2D eigenvalue weighted by atomic mass is 10.1. The zero-order chi connectivity index (χ0) is 21.1. The first-order chi connectivity index (χ1) is 14.5. The Morgan fingerprint density at radius 1 is 0.867 bits per heavy atom. The summed E-state index contributed by atoms with van der Waals surface area (Å²) < 4.78 is 0. The Hall–Kier alpha value is -3.12. The number of imide groups is 2. The highest BCUT2D eigenvalue weighted by atomic mass is 35.5. The molecule has 1 N–H and O–H groups in total. The second-order valence-electron chi connectivity index (χ2n) is 7.40. The summed E-state index contributed by atoms with van der Waals surface area (Å²) in [5.74, 6) is -1.42. The summed E-state index contributed by atoms with van der Waals surface area (Å²) >= 11 is 6.15. The van der Waals surface area contributed by atoms with Crippen LogP contribution in [-0.2, 0) is 9.59 Å². The molecule has 0 bridgehead atoms. The molecule has 0 saturated carbocycles. The predicted molar refractivity (Wildman–Crippen MR) is 118 cm³/mol. The van der Waals surface area contributed by atoms with Crippen molar-refractivity contribution < 1.29 is 14.4 Å². The molecule has 154 valence electrons. The summed E-state index contributed by atoms with van der Waals surface area (Å²) in [5.41, 5.74) is 1.96. The van der Waals surface area contributed by atoms with E-state index in [0.717, 1.165) is 23.7 Å². The highest BCUT2D eigenvalue weighted by Crippen LogP contribution is 2.29. The number of para-hydroxylation sites is 1. The molecule has 0 unspecified atom stereocenters. The molecule has 4 rings (SSSR count). The minimum Gasteiger partial charge on any atom is -0.372 e. The topological polar surface area (TPSA) is 69.7 Å². The van der Waals surface area contributed by atoms with Crippen molar-refractivity contribution >= 4 is 46.9 Å². The molecule has 2 aromatic carbocycles. The Labute approximate surface area is 180 Å². The summed E-state index contributed by atoms with van der Waals surface area (Å²) in [6.45, 7) is 2.08. The number of urea groups is 1. The number of hydrogen-bond acceptors (Lipinski definition) is 4. The highest BCUT2D eigenvalue weighted by Gasteiger charge is 2.37. The summed E-state index contributed by atoms with van der Waals surface area (Å²) in [6.07, 6.45) is 6.40. The zero-order valence-corrected chi connectivity index (χ0v) is 17.2. The molecule has 0 aliphatic carbocycles. The first-order valence-electron chi connectivity index (χ1n) is 10.1. The number of carbonyl (C=O) groups is 3. The number of benzene rings is 2. The van der Waals surface area contributed by atoms with E-state index >= 15 is 0 Å². The number of anilines is 2. The molecule has 2 aromatic rings. The largest absolute Gasteiger partial charge is 0.372 e. The van der Waals surface area contributed by atoms with Crippen molar-refractivity contribution in [3.63, 3.8) is 0 Å². The molecule has 4 amide bonds. The molecule has 0 spiro atoms. The maximum atomic E-state index is 13.0. The van der Waals surface area contributed by atoms with Gasteiger partial charge < -0.3 is 4.90 Å². The fraction of sp³-hybridized carbons (Fsp3) is 0.261. The maximum absolute atomic E-state index is 13.0. The number of carbonyl (C=O) groups excluding carboxylic acids is 3. The van der Waals surface area contributed by atoms with Gasteiger partial charge in [-0.25, -0.2) is 9.69 Å². The van der Waals surface area contributed by atoms with Crippen LogP contribution in [0.25, 0.3) is 6.08 Å². The summed E-state index contributed by atoms with van der Waals surface area (Å²) in [4.78, 5) is 40.9. The van der Waals surface area contributed by atoms with E-state index in [9.17, 15) is 14.4 Å². The Bertz CT molecular complexity index is 1010. The summed E-state index contributed by atoms with van der Waals surface area (Å²) in [7, 11) is 0. The van der Waals surface area contributed by atoms with Crippen LogP contribution in [0.3, 0.4) is 0 Å². The predicted octanol–water partition coefficient (Wildman–Crippen LogP) is 4.39. The number of hydrogen-bond donors (Lipinski definition) is 1. The van der Waals surface area contributed by atoms with Gasteiger partial charge in [0.2, 0.25) is 0 Å². The quantitative estimate of drug-likeness (QED) is 0.587. The van der Waals surface area contributed by atoms with E-state index in [1.54, 1.807) is 24.3 Å². The molecule has 0 atom stereocenters. The van der Waals surface area contributed by atoms with E-state index in [-0.39, 0.29) is 16.3 Å². The van der Waals surface area contributed by atoms with Gasteiger partial charge in [-0.3, -0.25) is 14.9 Å². The molecule has 6 nitrogen and oxygen atoms in total. The third-order valence-electron chi connectivity index (χ3n) is 5.37. The van der Waals surface area contributed by atoms with Crippen LogP contribution in [0.15, 0.2) is 54.1 Å². The fourth-order valence-corrected chi connectivity index (χ4v) is 4.01. The fourth-order valence-electron chi connectivity index (χ4n) is 3.79. The Balaban J connectivity index is 1.60. The van der Waals surface area contributed by atoms with Gasteiger partial charge in [0.05, 0.1) is 10.7 Å². The first kappa shape index (κ1) is 20.2. The van der Waals surface area contributed by atoms with Gasteiger partial charge in [0, 0.05) is 18.8 Å². The van der Waals surface area contributed by atoms with Gasteiger partial charge in [0.25, 0.3) is 11.8 Å². The lowest BCUT2D eigenvalue weighted by molar-refractivity contribution is -0.122. The number of barbiturate groups is 1. The molecule has 0 aromatic heterocycles. The Kier molecular flexibility index (Phi) is 5.86. The van der Waals surface area contributed by atoms with Gasteiger partial charge >= 0.3 is 6.03 Å². The van der Waals surface area contributed by atoms with Crippen LogP contribution in [0.4, 0.5) is 16.2 Å². The lowest BCUT2D eigenvalue weighted by Crippen LogP contribution is -2.54. The zero-order valence-electron chi connectivity index (χ0n) is 16.4. The van der Waals surface area contributed by atoms with Crippen LogP contribution in [0.2, 0.25) is 5.02 Å². The number of halogens is 1. The van der Waals surface area contributed by atoms with Gasteiger partial charge in [0.1, 0.15) is 5.57 Å². The molecule has 2 aliphatic heterocycles. The first-order valence-corrected chi connectivity index (χ1v) is 10.4. The molecule has 30 heavy (non-hydrogen) atoms. The average molecular weight is 424 g/mol. The van der Waals surface area contributed by atoms with E-state index in [1.807, 2.05) is 24.3 Å². The van der Waals surface area contributed by atoms with Crippen molar-refractivity contribution in [3.8, 4) is 0 Å². The Morgan fingerprint density at radius 2 is 1.53 bits per heavy atom. The second kappa shape index (κ2) is 8.71. The van der Waals surface area contributed by atoms with E-state index < -0.39 is 17.8 Å². The van der Waals surface area contributed by atoms with Crippen molar-refractivity contribution in [1.29, 1.82) is 0 Å². The minimum absolute atomic E-state index is 0.114. The molecule has 7 heteroatoms. The van der Waals surface area contributed by atoms with Crippen LogP contribution >= 0.6 is 11.6 Å².